The molecule has 114 valence electrons. The third kappa shape index (κ3) is 3.11. The van der Waals surface area contributed by atoms with E-state index in [0.717, 1.165) is 0 Å². The molecule has 1 aromatic carbocycles. The van der Waals surface area contributed by atoms with Gasteiger partial charge in [0.2, 0.25) is 5.82 Å². The molecule has 0 radical (unpaired) electrons. The lowest BCUT2D eigenvalue weighted by Gasteiger charge is -2.08. The predicted molar refractivity (Wildman–Crippen MR) is 80.6 cm³/mol. The molecule has 0 saturated heterocycles. The molecule has 0 aliphatic rings. The number of rotatable bonds is 5. The number of para-hydroxylation sites is 1. The minimum Gasteiger partial charge on any atom is -0.490 e. The number of nitriles is 1. The third-order valence-corrected chi connectivity index (χ3v) is 3.16. The lowest BCUT2D eigenvalue weighted by molar-refractivity contribution is 0.289. The summed E-state index contributed by atoms with van der Waals surface area (Å²) in [6, 6.07) is 14.3. The largest absolute Gasteiger partial charge is 0.490 e. The van der Waals surface area contributed by atoms with Crippen molar-refractivity contribution in [3.05, 3.63) is 64.8 Å². The lowest BCUT2D eigenvalue weighted by Crippen LogP contribution is -2.20. The molecule has 0 fully saturated rings. The highest BCUT2D eigenvalue weighted by Crippen LogP contribution is 2.17. The van der Waals surface area contributed by atoms with Crippen molar-refractivity contribution < 1.29 is 9.26 Å². The standard InChI is InChI=1S/C16H12N4O3/c17-11-12-5-1-2-7-14(12)22-10-9-20-15(19-23-16(20)21)13-6-3-4-8-18-13/h1-8H,9-10H2. The summed E-state index contributed by atoms with van der Waals surface area (Å²) in [5.41, 5.74) is 0.978. The van der Waals surface area contributed by atoms with Crippen LogP contribution in [-0.4, -0.2) is 21.3 Å². The maximum atomic E-state index is 11.8. The van der Waals surface area contributed by atoms with Gasteiger partial charge in [0, 0.05) is 6.20 Å². The highest BCUT2D eigenvalue weighted by molar-refractivity contribution is 5.47. The number of hydrogen-bond acceptors (Lipinski definition) is 6. The van der Waals surface area contributed by atoms with Gasteiger partial charge in [0.25, 0.3) is 0 Å². The molecule has 0 bridgehead atoms. The molecule has 23 heavy (non-hydrogen) atoms. The Bertz CT molecular complexity index is 893. The smallest absolute Gasteiger partial charge is 0.442 e. The molecule has 0 N–H and O–H groups in total. The van der Waals surface area contributed by atoms with Gasteiger partial charge in [0.05, 0.1) is 12.1 Å². The van der Waals surface area contributed by atoms with E-state index in [0.29, 0.717) is 22.8 Å². The fraction of sp³-hybridized carbons (Fsp3) is 0.125. The van der Waals surface area contributed by atoms with Crippen LogP contribution in [0.5, 0.6) is 5.75 Å². The Morgan fingerprint density at radius 2 is 2.04 bits per heavy atom. The van der Waals surface area contributed by atoms with Crippen molar-refractivity contribution in [1.29, 1.82) is 5.26 Å². The summed E-state index contributed by atoms with van der Waals surface area (Å²) in [4.78, 5) is 15.9. The van der Waals surface area contributed by atoms with E-state index in [-0.39, 0.29) is 13.2 Å². The minimum atomic E-state index is -0.581. The van der Waals surface area contributed by atoms with Gasteiger partial charge in [-0.1, -0.05) is 23.4 Å². The maximum Gasteiger partial charge on any atom is 0.442 e. The lowest BCUT2D eigenvalue weighted by atomic mass is 10.2. The van der Waals surface area contributed by atoms with Crippen molar-refractivity contribution in [2.75, 3.05) is 6.61 Å². The van der Waals surface area contributed by atoms with Crippen LogP contribution in [0.25, 0.3) is 11.5 Å². The Kier molecular flexibility index (Phi) is 4.16. The van der Waals surface area contributed by atoms with Gasteiger partial charge < -0.3 is 4.74 Å². The van der Waals surface area contributed by atoms with Crippen LogP contribution in [0, 0.1) is 11.3 Å². The molecule has 0 aliphatic heterocycles. The van der Waals surface area contributed by atoms with Crippen LogP contribution in [0.2, 0.25) is 0 Å². The monoisotopic (exact) mass is 308 g/mol. The Labute approximate surface area is 131 Å². The summed E-state index contributed by atoms with van der Waals surface area (Å²) in [5, 5.41) is 12.8. The van der Waals surface area contributed by atoms with Crippen molar-refractivity contribution in [3.63, 3.8) is 0 Å². The normalized spacial score (nSPS) is 10.2. The van der Waals surface area contributed by atoms with Crippen LogP contribution in [0.15, 0.2) is 58.0 Å². The second-order valence-corrected chi connectivity index (χ2v) is 4.60. The number of ether oxygens (including phenoxy) is 1. The summed E-state index contributed by atoms with van der Waals surface area (Å²) < 4.78 is 11.6. The first-order valence-corrected chi connectivity index (χ1v) is 6.89. The predicted octanol–water partition coefficient (Wildman–Crippen LogP) is 1.85. The maximum absolute atomic E-state index is 11.8. The number of aromatic nitrogens is 3. The van der Waals surface area contributed by atoms with Crippen molar-refractivity contribution in [2.24, 2.45) is 0 Å². The van der Waals surface area contributed by atoms with Crippen LogP contribution >= 0.6 is 0 Å². The number of nitrogens with zero attached hydrogens (tertiary/aromatic N) is 4. The molecule has 3 rings (SSSR count). The van der Waals surface area contributed by atoms with Gasteiger partial charge in [0.1, 0.15) is 24.1 Å². The van der Waals surface area contributed by atoms with Gasteiger partial charge in [-0.05, 0) is 24.3 Å². The van der Waals surface area contributed by atoms with E-state index >= 15 is 0 Å². The summed E-state index contributed by atoms with van der Waals surface area (Å²) in [6.45, 7) is 0.424. The average Bonchev–Trinajstić information content (AvgIpc) is 2.97. The van der Waals surface area contributed by atoms with Crippen LogP contribution in [0.3, 0.4) is 0 Å². The van der Waals surface area contributed by atoms with Crippen LogP contribution in [-0.2, 0) is 6.54 Å². The van der Waals surface area contributed by atoms with Gasteiger partial charge in [-0.15, -0.1) is 0 Å². The van der Waals surface area contributed by atoms with Gasteiger partial charge >= 0.3 is 5.76 Å². The molecule has 7 heteroatoms. The number of benzene rings is 1. The first-order valence-electron chi connectivity index (χ1n) is 6.89. The molecule has 2 heterocycles. The molecular formula is C16H12N4O3. The molecular weight excluding hydrogens is 296 g/mol. The SMILES string of the molecule is N#Cc1ccccc1OCCn1c(-c2ccccn2)noc1=O. The molecule has 0 amide bonds. The van der Waals surface area contributed by atoms with Gasteiger partial charge in [-0.2, -0.15) is 5.26 Å². The van der Waals surface area contributed by atoms with Crippen molar-refractivity contribution >= 4 is 0 Å². The van der Waals surface area contributed by atoms with Gasteiger partial charge in [-0.3, -0.25) is 14.1 Å². The third-order valence-electron chi connectivity index (χ3n) is 3.16. The molecule has 0 unspecified atom stereocenters. The summed E-state index contributed by atoms with van der Waals surface area (Å²) in [5.74, 6) is 0.231. The van der Waals surface area contributed by atoms with E-state index < -0.39 is 5.76 Å². The van der Waals surface area contributed by atoms with Crippen molar-refractivity contribution in [3.8, 4) is 23.3 Å². The summed E-state index contributed by atoms with van der Waals surface area (Å²) in [6.07, 6.45) is 1.61. The zero-order chi connectivity index (χ0) is 16.1. The molecule has 0 spiro atoms. The fourth-order valence-corrected chi connectivity index (χ4v) is 2.08. The minimum absolute atomic E-state index is 0.194. The van der Waals surface area contributed by atoms with Gasteiger partial charge in [-0.25, -0.2) is 4.79 Å². The molecule has 0 atom stereocenters. The van der Waals surface area contributed by atoms with E-state index in [9.17, 15) is 4.79 Å². The Morgan fingerprint density at radius 3 is 2.83 bits per heavy atom. The Balaban J connectivity index is 1.76. The summed E-state index contributed by atoms with van der Waals surface area (Å²) >= 11 is 0. The molecule has 0 aliphatic carbocycles. The molecule has 7 nitrogen and oxygen atoms in total. The van der Waals surface area contributed by atoms with Gasteiger partial charge in [0.15, 0.2) is 0 Å². The second-order valence-electron chi connectivity index (χ2n) is 4.60. The van der Waals surface area contributed by atoms with E-state index in [1.54, 1.807) is 48.7 Å². The van der Waals surface area contributed by atoms with E-state index in [1.165, 1.54) is 4.57 Å². The van der Waals surface area contributed by atoms with Crippen molar-refractivity contribution in [2.45, 2.75) is 6.54 Å². The van der Waals surface area contributed by atoms with Crippen molar-refractivity contribution in [1.82, 2.24) is 14.7 Å². The van der Waals surface area contributed by atoms with Crippen LogP contribution in [0.1, 0.15) is 5.56 Å². The number of pyridine rings is 1. The average molecular weight is 308 g/mol. The molecule has 0 saturated carbocycles. The Hall–Kier alpha value is -3.40. The zero-order valence-corrected chi connectivity index (χ0v) is 12.0. The highest BCUT2D eigenvalue weighted by Gasteiger charge is 2.13. The van der Waals surface area contributed by atoms with Crippen LogP contribution < -0.4 is 10.5 Å². The van der Waals surface area contributed by atoms with E-state index in [2.05, 4.69) is 16.2 Å². The molecule has 3 aromatic rings. The summed E-state index contributed by atoms with van der Waals surface area (Å²) in [7, 11) is 0. The van der Waals surface area contributed by atoms with E-state index in [4.69, 9.17) is 14.5 Å². The topological polar surface area (TPSA) is 93.9 Å². The first kappa shape index (κ1) is 14.5. The highest BCUT2D eigenvalue weighted by atomic mass is 16.5. The van der Waals surface area contributed by atoms with E-state index in [1.807, 2.05) is 0 Å². The quantitative estimate of drug-likeness (QED) is 0.714. The number of hydrogen-bond donors (Lipinski definition) is 0. The molecule has 2 aromatic heterocycles. The first-order chi connectivity index (χ1) is 11.3. The van der Waals surface area contributed by atoms with Crippen LogP contribution in [0.4, 0.5) is 0 Å². The zero-order valence-electron chi connectivity index (χ0n) is 12.0. The Morgan fingerprint density at radius 1 is 1.22 bits per heavy atom. The second kappa shape index (κ2) is 6.58. The fourth-order valence-electron chi connectivity index (χ4n) is 2.08.